The summed E-state index contributed by atoms with van der Waals surface area (Å²) in [6.07, 6.45) is 3.17. The lowest BCUT2D eigenvalue weighted by Gasteiger charge is -2.05. The van der Waals surface area contributed by atoms with Gasteiger partial charge in [0, 0.05) is 24.0 Å². The third-order valence-corrected chi connectivity index (χ3v) is 3.24. The van der Waals surface area contributed by atoms with Crippen LogP contribution in [0.4, 0.5) is 11.4 Å². The maximum atomic E-state index is 11.9. The molecule has 0 fully saturated rings. The fourth-order valence-electron chi connectivity index (χ4n) is 2.03. The minimum atomic E-state index is -0.506. The van der Waals surface area contributed by atoms with Crippen LogP contribution >= 0.6 is 0 Å². The zero-order valence-electron chi connectivity index (χ0n) is 14.0. The molecule has 2 amide bonds. The summed E-state index contributed by atoms with van der Waals surface area (Å²) < 4.78 is 0. The number of pyridine rings is 1. The Morgan fingerprint density at radius 2 is 1.92 bits per heavy atom. The van der Waals surface area contributed by atoms with E-state index in [0.29, 0.717) is 17.0 Å². The van der Waals surface area contributed by atoms with E-state index >= 15 is 0 Å². The molecule has 2 rings (SSSR count). The summed E-state index contributed by atoms with van der Waals surface area (Å²) in [6, 6.07) is 9.10. The van der Waals surface area contributed by atoms with Crippen LogP contribution in [0.3, 0.4) is 0 Å². The van der Waals surface area contributed by atoms with Crippen LogP contribution in [0, 0.1) is 10.1 Å². The van der Waals surface area contributed by atoms with E-state index in [1.165, 1.54) is 30.5 Å². The molecule has 2 aromatic rings. The van der Waals surface area contributed by atoms with Gasteiger partial charge in [-0.1, -0.05) is 12.1 Å². The maximum Gasteiger partial charge on any atom is 0.269 e. The van der Waals surface area contributed by atoms with Crippen LogP contribution in [0.25, 0.3) is 0 Å². The normalized spacial score (nSPS) is 10.9. The van der Waals surface area contributed by atoms with Crippen LogP contribution in [-0.2, 0) is 16.0 Å². The van der Waals surface area contributed by atoms with Crippen molar-refractivity contribution < 1.29 is 14.5 Å². The quantitative estimate of drug-likeness (QED) is 0.446. The molecule has 1 aromatic heterocycles. The molecule has 1 heterocycles. The molecule has 9 nitrogen and oxygen atoms in total. The topological polar surface area (TPSA) is 127 Å². The number of carbonyl (C=O) groups excluding carboxylic acids is 2. The number of aromatic nitrogens is 1. The molecule has 0 aliphatic carbocycles. The number of nitrogens with one attached hydrogen (secondary N) is 2. The first-order valence-electron chi connectivity index (χ1n) is 7.69. The number of nitrogens with zero attached hydrogens (tertiary/aromatic N) is 3. The Hall–Kier alpha value is -3.62. The van der Waals surface area contributed by atoms with Crippen molar-refractivity contribution in [3.05, 3.63) is 64.5 Å². The van der Waals surface area contributed by atoms with Gasteiger partial charge in [-0.2, -0.15) is 5.10 Å². The molecule has 2 N–H and O–H groups in total. The summed E-state index contributed by atoms with van der Waals surface area (Å²) in [6.45, 7) is 1.62. The second kappa shape index (κ2) is 9.02. The second-order valence-corrected chi connectivity index (χ2v) is 5.45. The molecular formula is C17H17N5O4. The third-order valence-electron chi connectivity index (χ3n) is 3.24. The number of hydrogen-bond donors (Lipinski definition) is 2. The van der Waals surface area contributed by atoms with Crippen LogP contribution in [0.1, 0.15) is 18.9 Å². The standard InChI is InChI=1S/C17H17N5O4/c1-12(9-16(23)19-14-3-2-8-18-11-14)20-21-17(24)10-13-4-6-15(7-5-13)22(25)26/h2-8,11H,9-10H2,1H3,(H,19,23)(H,21,24). The average Bonchev–Trinajstić information content (AvgIpc) is 2.61. The van der Waals surface area contributed by atoms with Crippen LogP contribution in [0.5, 0.6) is 0 Å². The Balaban J connectivity index is 1.80. The number of benzene rings is 1. The van der Waals surface area contributed by atoms with Crippen molar-refractivity contribution in [3.63, 3.8) is 0 Å². The molecule has 0 spiro atoms. The number of amides is 2. The Bertz CT molecular complexity index is 819. The van der Waals surface area contributed by atoms with E-state index in [0.717, 1.165) is 0 Å². The maximum absolute atomic E-state index is 11.9. The first kappa shape index (κ1) is 18.7. The number of nitro groups is 1. The van der Waals surface area contributed by atoms with Gasteiger partial charge < -0.3 is 5.32 Å². The molecule has 0 aliphatic rings. The predicted molar refractivity (Wildman–Crippen MR) is 95.5 cm³/mol. The molecule has 0 saturated heterocycles. The van der Waals surface area contributed by atoms with Crippen LogP contribution in [0.15, 0.2) is 53.9 Å². The van der Waals surface area contributed by atoms with Crippen molar-refractivity contribution in [3.8, 4) is 0 Å². The van der Waals surface area contributed by atoms with Gasteiger partial charge in [0.15, 0.2) is 0 Å². The molecule has 0 atom stereocenters. The van der Waals surface area contributed by atoms with Crippen LogP contribution in [-0.4, -0.2) is 27.4 Å². The largest absolute Gasteiger partial charge is 0.324 e. The monoisotopic (exact) mass is 355 g/mol. The highest BCUT2D eigenvalue weighted by atomic mass is 16.6. The molecule has 0 bridgehead atoms. The number of rotatable bonds is 7. The van der Waals surface area contributed by atoms with E-state index in [1.807, 2.05) is 0 Å². The van der Waals surface area contributed by atoms with Crippen molar-refractivity contribution in [1.82, 2.24) is 10.4 Å². The molecule has 0 saturated carbocycles. The van der Waals surface area contributed by atoms with E-state index < -0.39 is 4.92 Å². The van der Waals surface area contributed by atoms with Gasteiger partial charge in [0.05, 0.1) is 29.6 Å². The molecule has 0 radical (unpaired) electrons. The van der Waals surface area contributed by atoms with Gasteiger partial charge in [-0.3, -0.25) is 24.7 Å². The average molecular weight is 355 g/mol. The summed E-state index contributed by atoms with van der Waals surface area (Å²) in [7, 11) is 0. The van der Waals surface area contributed by atoms with Gasteiger partial charge in [0.25, 0.3) is 5.69 Å². The van der Waals surface area contributed by atoms with Crippen molar-refractivity contribution in [2.24, 2.45) is 5.10 Å². The highest BCUT2D eigenvalue weighted by Gasteiger charge is 2.08. The lowest BCUT2D eigenvalue weighted by molar-refractivity contribution is -0.384. The van der Waals surface area contributed by atoms with Crippen molar-refractivity contribution in [1.29, 1.82) is 0 Å². The van der Waals surface area contributed by atoms with Crippen LogP contribution < -0.4 is 10.7 Å². The molecule has 134 valence electrons. The first-order chi connectivity index (χ1) is 12.4. The highest BCUT2D eigenvalue weighted by molar-refractivity contribution is 6.05. The fraction of sp³-hybridized carbons (Fsp3) is 0.176. The number of hydrogen-bond acceptors (Lipinski definition) is 6. The zero-order chi connectivity index (χ0) is 18.9. The number of nitro benzene ring substituents is 1. The molecule has 9 heteroatoms. The molecule has 0 unspecified atom stereocenters. The van der Waals surface area contributed by atoms with Crippen molar-refractivity contribution in [2.75, 3.05) is 5.32 Å². The lowest BCUT2D eigenvalue weighted by Crippen LogP contribution is -2.22. The minimum absolute atomic E-state index is 0.0205. The van der Waals surface area contributed by atoms with Crippen molar-refractivity contribution >= 4 is 28.9 Å². The minimum Gasteiger partial charge on any atom is -0.324 e. The van der Waals surface area contributed by atoms with Gasteiger partial charge >= 0.3 is 0 Å². The van der Waals surface area contributed by atoms with Gasteiger partial charge in [-0.05, 0) is 24.6 Å². The summed E-state index contributed by atoms with van der Waals surface area (Å²) in [5.74, 6) is -0.658. The molecule has 0 aliphatic heterocycles. The summed E-state index contributed by atoms with van der Waals surface area (Å²) in [4.78, 5) is 37.7. The molecule has 26 heavy (non-hydrogen) atoms. The van der Waals surface area contributed by atoms with E-state index in [4.69, 9.17) is 0 Å². The predicted octanol–water partition coefficient (Wildman–Crippen LogP) is 2.05. The number of hydrazone groups is 1. The second-order valence-electron chi connectivity index (χ2n) is 5.45. The van der Waals surface area contributed by atoms with E-state index in [2.05, 4.69) is 20.8 Å². The fourth-order valence-corrected chi connectivity index (χ4v) is 2.03. The van der Waals surface area contributed by atoms with Gasteiger partial charge in [-0.25, -0.2) is 5.43 Å². The van der Waals surface area contributed by atoms with E-state index in [9.17, 15) is 19.7 Å². The lowest BCUT2D eigenvalue weighted by atomic mass is 10.1. The summed E-state index contributed by atoms with van der Waals surface area (Å²) in [5.41, 5.74) is 3.95. The van der Waals surface area contributed by atoms with E-state index in [-0.39, 0.29) is 30.3 Å². The molecule has 1 aromatic carbocycles. The molecular weight excluding hydrogens is 338 g/mol. The third kappa shape index (κ3) is 6.11. The Labute approximate surface area is 149 Å². The number of non-ortho nitro benzene ring substituents is 1. The SMILES string of the molecule is CC(CC(=O)Nc1cccnc1)=NNC(=O)Cc1ccc([N+](=O)[O-])cc1. The Kier molecular flexibility index (Phi) is 6.49. The first-order valence-corrected chi connectivity index (χ1v) is 7.69. The Morgan fingerprint density at radius 3 is 2.54 bits per heavy atom. The van der Waals surface area contributed by atoms with Gasteiger partial charge in [0.1, 0.15) is 0 Å². The zero-order valence-corrected chi connectivity index (χ0v) is 14.0. The highest BCUT2D eigenvalue weighted by Crippen LogP contribution is 2.12. The van der Waals surface area contributed by atoms with E-state index in [1.54, 1.807) is 25.3 Å². The van der Waals surface area contributed by atoms with Gasteiger partial charge in [-0.15, -0.1) is 0 Å². The van der Waals surface area contributed by atoms with Crippen LogP contribution in [0.2, 0.25) is 0 Å². The van der Waals surface area contributed by atoms with Crippen molar-refractivity contribution in [2.45, 2.75) is 19.8 Å². The number of anilines is 1. The summed E-state index contributed by atoms with van der Waals surface area (Å²) >= 11 is 0. The smallest absolute Gasteiger partial charge is 0.269 e. The summed E-state index contributed by atoms with van der Waals surface area (Å²) in [5, 5.41) is 17.1. The van der Waals surface area contributed by atoms with Gasteiger partial charge in [0.2, 0.25) is 11.8 Å². The number of carbonyl (C=O) groups is 2. The Morgan fingerprint density at radius 1 is 1.19 bits per heavy atom.